The Labute approximate surface area is 94.9 Å². The first-order valence-electron chi connectivity index (χ1n) is 5.90. The third-order valence-electron chi connectivity index (χ3n) is 3.20. The molecule has 16 heavy (non-hydrogen) atoms. The van der Waals surface area contributed by atoms with Crippen LogP contribution in [-0.2, 0) is 9.59 Å². The molecular formula is C12H17NO3. The molecule has 0 bridgehead atoms. The zero-order valence-electron chi connectivity index (χ0n) is 9.26. The van der Waals surface area contributed by atoms with E-state index in [0.29, 0.717) is 18.9 Å². The minimum atomic E-state index is -0.882. The van der Waals surface area contributed by atoms with E-state index in [2.05, 4.69) is 0 Å². The van der Waals surface area contributed by atoms with Crippen LogP contribution < -0.4 is 0 Å². The number of carbonyl (C=O) groups is 2. The minimum Gasteiger partial charge on any atom is -0.480 e. The quantitative estimate of drug-likeness (QED) is 0.736. The van der Waals surface area contributed by atoms with Gasteiger partial charge in [0.05, 0.1) is 0 Å². The van der Waals surface area contributed by atoms with E-state index < -0.39 is 12.0 Å². The van der Waals surface area contributed by atoms with E-state index in [-0.39, 0.29) is 5.91 Å². The van der Waals surface area contributed by atoms with Crippen LogP contribution in [0.4, 0.5) is 0 Å². The van der Waals surface area contributed by atoms with Crippen LogP contribution in [0.3, 0.4) is 0 Å². The Morgan fingerprint density at radius 1 is 1.19 bits per heavy atom. The maximum atomic E-state index is 11.8. The predicted molar refractivity (Wildman–Crippen MR) is 58.9 cm³/mol. The number of hydrogen-bond acceptors (Lipinski definition) is 2. The maximum Gasteiger partial charge on any atom is 0.326 e. The van der Waals surface area contributed by atoms with Crippen molar-refractivity contribution in [1.82, 2.24) is 4.90 Å². The van der Waals surface area contributed by atoms with Crippen LogP contribution in [0.2, 0.25) is 0 Å². The van der Waals surface area contributed by atoms with Gasteiger partial charge in [0, 0.05) is 6.54 Å². The fourth-order valence-electron chi connectivity index (χ4n) is 2.05. The summed E-state index contributed by atoms with van der Waals surface area (Å²) >= 11 is 0. The van der Waals surface area contributed by atoms with Gasteiger partial charge in [0.1, 0.15) is 6.04 Å². The Bertz CT molecular complexity index is 320. The molecule has 1 N–H and O–H groups in total. The van der Waals surface area contributed by atoms with Crippen molar-refractivity contribution in [2.24, 2.45) is 5.92 Å². The smallest absolute Gasteiger partial charge is 0.326 e. The predicted octanol–water partition coefficient (Wildman–Crippen LogP) is 1.42. The number of piperidine rings is 1. The van der Waals surface area contributed by atoms with E-state index in [0.717, 1.165) is 25.7 Å². The number of aliphatic carboxylic acids is 1. The standard InChI is InChI=1S/C12H17NO3/c14-11(7-6-9-4-5-9)13-8-2-1-3-10(13)12(15)16/h6-7,9-10H,1-5,8H2,(H,15,16)/b7-6+/t10-/m1/s1. The first-order chi connectivity index (χ1) is 7.68. The number of carboxylic acid groups (broad SMARTS) is 1. The number of hydrogen-bond donors (Lipinski definition) is 1. The van der Waals surface area contributed by atoms with Crippen LogP contribution in [-0.4, -0.2) is 34.5 Å². The van der Waals surface area contributed by atoms with Gasteiger partial charge in [-0.15, -0.1) is 0 Å². The van der Waals surface area contributed by atoms with Crippen molar-refractivity contribution in [3.8, 4) is 0 Å². The Morgan fingerprint density at radius 2 is 1.94 bits per heavy atom. The van der Waals surface area contributed by atoms with E-state index in [1.54, 1.807) is 6.08 Å². The topological polar surface area (TPSA) is 57.6 Å². The van der Waals surface area contributed by atoms with Crippen molar-refractivity contribution in [3.63, 3.8) is 0 Å². The van der Waals surface area contributed by atoms with Crippen molar-refractivity contribution >= 4 is 11.9 Å². The number of amides is 1. The number of carbonyl (C=O) groups excluding carboxylic acids is 1. The number of carboxylic acids is 1. The highest BCUT2D eigenvalue weighted by Crippen LogP contribution is 2.30. The fraction of sp³-hybridized carbons (Fsp3) is 0.667. The van der Waals surface area contributed by atoms with Crippen LogP contribution in [0, 0.1) is 5.92 Å². The second-order valence-corrected chi connectivity index (χ2v) is 4.58. The molecule has 0 aromatic heterocycles. The largest absolute Gasteiger partial charge is 0.480 e. The van der Waals surface area contributed by atoms with Gasteiger partial charge in [-0.2, -0.15) is 0 Å². The van der Waals surface area contributed by atoms with Crippen molar-refractivity contribution in [2.45, 2.75) is 38.1 Å². The Balaban J connectivity index is 1.98. The third kappa shape index (κ3) is 2.62. The highest BCUT2D eigenvalue weighted by atomic mass is 16.4. The number of rotatable bonds is 3. The summed E-state index contributed by atoms with van der Waals surface area (Å²) in [5.41, 5.74) is 0. The van der Waals surface area contributed by atoms with E-state index in [9.17, 15) is 9.59 Å². The number of likely N-dealkylation sites (tertiary alicyclic amines) is 1. The molecule has 1 atom stereocenters. The third-order valence-corrected chi connectivity index (χ3v) is 3.20. The lowest BCUT2D eigenvalue weighted by Gasteiger charge is -2.32. The van der Waals surface area contributed by atoms with Crippen molar-refractivity contribution in [1.29, 1.82) is 0 Å². The number of nitrogens with zero attached hydrogens (tertiary/aromatic N) is 1. The molecule has 0 aromatic rings. The normalized spacial score (nSPS) is 26.0. The van der Waals surface area contributed by atoms with Gasteiger partial charge in [-0.25, -0.2) is 4.79 Å². The first-order valence-corrected chi connectivity index (χ1v) is 5.90. The zero-order valence-corrected chi connectivity index (χ0v) is 9.26. The van der Waals surface area contributed by atoms with Crippen LogP contribution >= 0.6 is 0 Å². The minimum absolute atomic E-state index is 0.140. The van der Waals surface area contributed by atoms with E-state index in [1.807, 2.05) is 6.08 Å². The molecule has 88 valence electrons. The molecule has 1 aliphatic carbocycles. The van der Waals surface area contributed by atoms with Crippen LogP contribution in [0.25, 0.3) is 0 Å². The zero-order chi connectivity index (χ0) is 11.5. The molecule has 4 heteroatoms. The van der Waals surface area contributed by atoms with Crippen molar-refractivity contribution in [3.05, 3.63) is 12.2 Å². The van der Waals surface area contributed by atoms with Crippen LogP contribution in [0.5, 0.6) is 0 Å². The maximum absolute atomic E-state index is 11.8. The second-order valence-electron chi connectivity index (χ2n) is 4.58. The van der Waals surface area contributed by atoms with Gasteiger partial charge in [0.2, 0.25) is 5.91 Å². The summed E-state index contributed by atoms with van der Waals surface area (Å²) in [5, 5.41) is 9.03. The van der Waals surface area contributed by atoms with Gasteiger partial charge < -0.3 is 10.0 Å². The molecular weight excluding hydrogens is 206 g/mol. The summed E-state index contributed by atoms with van der Waals surface area (Å²) < 4.78 is 0. The molecule has 0 spiro atoms. The molecule has 4 nitrogen and oxygen atoms in total. The van der Waals surface area contributed by atoms with Gasteiger partial charge in [-0.05, 0) is 44.1 Å². The molecule has 2 fully saturated rings. The van der Waals surface area contributed by atoms with E-state index in [1.165, 1.54) is 4.90 Å². The lowest BCUT2D eigenvalue weighted by molar-refractivity contribution is -0.150. The van der Waals surface area contributed by atoms with E-state index >= 15 is 0 Å². The molecule has 0 radical (unpaired) electrons. The summed E-state index contributed by atoms with van der Waals surface area (Å²) in [5.74, 6) is -0.469. The van der Waals surface area contributed by atoms with Crippen LogP contribution in [0.1, 0.15) is 32.1 Å². The highest BCUT2D eigenvalue weighted by Gasteiger charge is 2.31. The molecule has 2 rings (SSSR count). The van der Waals surface area contributed by atoms with Gasteiger partial charge >= 0.3 is 5.97 Å². The molecule has 1 amide bonds. The van der Waals surface area contributed by atoms with Crippen molar-refractivity contribution < 1.29 is 14.7 Å². The molecule has 1 aliphatic heterocycles. The van der Waals surface area contributed by atoms with E-state index in [4.69, 9.17) is 5.11 Å². The Hall–Kier alpha value is -1.32. The average Bonchev–Trinajstić information content (AvgIpc) is 3.09. The summed E-state index contributed by atoms with van der Waals surface area (Å²) in [7, 11) is 0. The summed E-state index contributed by atoms with van der Waals surface area (Å²) in [4.78, 5) is 24.3. The average molecular weight is 223 g/mol. The summed E-state index contributed by atoms with van der Waals surface area (Å²) in [6.45, 7) is 0.574. The SMILES string of the molecule is O=C(O)[C@H]1CCCCN1C(=O)/C=C/C1CC1. The van der Waals surface area contributed by atoms with Gasteiger partial charge in [0.25, 0.3) is 0 Å². The van der Waals surface area contributed by atoms with Gasteiger partial charge in [0.15, 0.2) is 0 Å². The molecule has 2 aliphatic rings. The van der Waals surface area contributed by atoms with Crippen LogP contribution in [0.15, 0.2) is 12.2 Å². The second kappa shape index (κ2) is 4.68. The van der Waals surface area contributed by atoms with Gasteiger partial charge in [-0.1, -0.05) is 6.08 Å². The van der Waals surface area contributed by atoms with Gasteiger partial charge in [-0.3, -0.25) is 4.79 Å². The fourth-order valence-corrected chi connectivity index (χ4v) is 2.05. The molecule has 1 heterocycles. The monoisotopic (exact) mass is 223 g/mol. The Morgan fingerprint density at radius 3 is 2.56 bits per heavy atom. The Kier molecular flexibility index (Phi) is 3.27. The lowest BCUT2D eigenvalue weighted by Crippen LogP contribution is -2.47. The summed E-state index contributed by atoms with van der Waals surface area (Å²) in [6.07, 6.45) is 8.17. The first kappa shape index (κ1) is 11.2. The van der Waals surface area contributed by atoms with Crippen molar-refractivity contribution in [2.75, 3.05) is 6.54 Å². The molecule has 1 saturated heterocycles. The molecule has 1 saturated carbocycles. The summed E-state index contributed by atoms with van der Waals surface area (Å²) in [6, 6.07) is -0.620. The molecule has 0 unspecified atom stereocenters. The molecule has 0 aromatic carbocycles. The lowest BCUT2D eigenvalue weighted by atomic mass is 10.0. The highest BCUT2D eigenvalue weighted by molar-refractivity contribution is 5.91. The number of allylic oxidation sites excluding steroid dienone is 1.